The molecule has 41 heavy (non-hydrogen) atoms. The van der Waals surface area contributed by atoms with Crippen LogP contribution in [-0.2, 0) is 23.9 Å². The Balaban J connectivity index is 1.31. The molecular formula is C31H40N4O6. The summed E-state index contributed by atoms with van der Waals surface area (Å²) in [5, 5.41) is 9.28. The number of nitrogens with zero attached hydrogens (tertiary/aromatic N) is 4. The van der Waals surface area contributed by atoms with Gasteiger partial charge in [0.2, 0.25) is 17.7 Å². The number of amides is 3. The minimum atomic E-state index is -1.21. The Morgan fingerprint density at radius 2 is 1.68 bits per heavy atom. The van der Waals surface area contributed by atoms with Gasteiger partial charge < -0.3 is 29.3 Å². The van der Waals surface area contributed by atoms with Gasteiger partial charge in [0, 0.05) is 58.1 Å². The summed E-state index contributed by atoms with van der Waals surface area (Å²) >= 11 is 0. The molecule has 5 heterocycles. The first kappa shape index (κ1) is 28.1. The van der Waals surface area contributed by atoms with Crippen molar-refractivity contribution in [2.24, 2.45) is 11.8 Å². The Morgan fingerprint density at radius 3 is 2.46 bits per heavy atom. The second kappa shape index (κ2) is 12.1. The Bertz CT molecular complexity index is 1180. The van der Waals surface area contributed by atoms with Crippen molar-refractivity contribution in [1.29, 1.82) is 0 Å². The Labute approximate surface area is 241 Å². The van der Waals surface area contributed by atoms with Crippen LogP contribution in [-0.4, -0.2) is 121 Å². The first-order valence-electron chi connectivity index (χ1n) is 14.9. The average Bonchev–Trinajstić information content (AvgIpc) is 3.31. The van der Waals surface area contributed by atoms with Gasteiger partial charge in [0.1, 0.15) is 11.6 Å². The molecular weight excluding hydrogens is 524 g/mol. The average molecular weight is 565 g/mol. The molecule has 5 aliphatic rings. The smallest absolute Gasteiger partial charge is 0.249 e. The zero-order chi connectivity index (χ0) is 28.4. The summed E-state index contributed by atoms with van der Waals surface area (Å²) in [5.74, 6) is -2.01. The molecule has 0 aliphatic carbocycles. The number of carbonyl (C=O) groups excluding carboxylic acids is 3. The third-order valence-corrected chi connectivity index (χ3v) is 9.16. The van der Waals surface area contributed by atoms with E-state index in [1.54, 1.807) is 9.80 Å². The van der Waals surface area contributed by atoms with Gasteiger partial charge in [-0.1, -0.05) is 42.5 Å². The van der Waals surface area contributed by atoms with Crippen LogP contribution in [0, 0.1) is 11.8 Å². The fourth-order valence-electron chi connectivity index (χ4n) is 7.12. The van der Waals surface area contributed by atoms with Gasteiger partial charge in [-0.2, -0.15) is 0 Å². The maximum Gasteiger partial charge on any atom is 0.249 e. The molecule has 0 radical (unpaired) electrons. The van der Waals surface area contributed by atoms with Crippen LogP contribution in [0.2, 0.25) is 0 Å². The van der Waals surface area contributed by atoms with Crippen LogP contribution >= 0.6 is 0 Å². The van der Waals surface area contributed by atoms with Gasteiger partial charge in [0.25, 0.3) is 0 Å². The SMILES string of the molecule is O=C1C2N(CCCCCO)C(=O)[C@@H]3[C@@H]4C(=O)N(c5ccccc5)CC=C[C@@H]4O[C@]23C=CCN1CCN1CCOCC1. The van der Waals surface area contributed by atoms with Crippen molar-refractivity contribution < 1.29 is 29.0 Å². The standard InChI is InChI=1S/C31H40N4O6/c36-20-6-2-5-14-35-27-30(39)33(17-16-32-18-21-40-22-19-32)13-8-12-31(27)26(29(35)38)25-24(41-31)11-7-15-34(28(25)37)23-9-3-1-4-10-23/h1,3-4,7-12,24-27,36H,2,5-6,13-22H2/t24-,25+,26-,27?,31-/m0/s1. The number of rotatable bonds is 9. The van der Waals surface area contributed by atoms with Crippen molar-refractivity contribution >= 4 is 23.4 Å². The maximum absolute atomic E-state index is 14.3. The predicted octanol–water partition coefficient (Wildman–Crippen LogP) is 1.06. The molecule has 6 rings (SSSR count). The number of aliphatic hydroxyl groups excluding tert-OH is 1. The van der Waals surface area contributed by atoms with Crippen LogP contribution in [0.1, 0.15) is 19.3 Å². The number of hydrogen-bond donors (Lipinski definition) is 1. The molecule has 3 amide bonds. The van der Waals surface area contributed by atoms with Crippen LogP contribution in [0.4, 0.5) is 5.69 Å². The van der Waals surface area contributed by atoms with Crippen molar-refractivity contribution in [3.05, 3.63) is 54.6 Å². The summed E-state index contributed by atoms with van der Waals surface area (Å²) < 4.78 is 12.2. The molecule has 1 N–H and O–H groups in total. The number of para-hydroxylation sites is 1. The minimum absolute atomic E-state index is 0.0872. The molecule has 3 fully saturated rings. The normalized spacial score (nSPS) is 31.7. The molecule has 10 heteroatoms. The lowest BCUT2D eigenvalue weighted by atomic mass is 9.77. The Hall–Kier alpha value is -3.05. The number of carbonyl (C=O) groups is 3. The molecule has 10 nitrogen and oxygen atoms in total. The van der Waals surface area contributed by atoms with Crippen LogP contribution in [0.3, 0.4) is 0 Å². The van der Waals surface area contributed by atoms with Crippen molar-refractivity contribution in [2.75, 3.05) is 70.5 Å². The number of hydrogen-bond acceptors (Lipinski definition) is 7. The lowest BCUT2D eigenvalue weighted by Crippen LogP contribution is -2.56. The summed E-state index contributed by atoms with van der Waals surface area (Å²) in [6, 6.07) is 8.65. The highest BCUT2D eigenvalue weighted by molar-refractivity contribution is 6.03. The zero-order valence-corrected chi connectivity index (χ0v) is 23.5. The van der Waals surface area contributed by atoms with Gasteiger partial charge in [-0.15, -0.1) is 0 Å². The highest BCUT2D eigenvalue weighted by Crippen LogP contribution is 2.53. The van der Waals surface area contributed by atoms with E-state index < -0.39 is 29.6 Å². The predicted molar refractivity (Wildman–Crippen MR) is 152 cm³/mol. The molecule has 1 spiro atoms. The zero-order valence-electron chi connectivity index (χ0n) is 23.5. The van der Waals surface area contributed by atoms with Crippen molar-refractivity contribution in [3.8, 4) is 0 Å². The van der Waals surface area contributed by atoms with Gasteiger partial charge in [-0.25, -0.2) is 0 Å². The van der Waals surface area contributed by atoms with Gasteiger partial charge in [-0.05, 0) is 31.4 Å². The van der Waals surface area contributed by atoms with E-state index in [0.29, 0.717) is 52.2 Å². The number of benzene rings is 1. The van der Waals surface area contributed by atoms with E-state index in [2.05, 4.69) is 4.90 Å². The number of anilines is 1. The van der Waals surface area contributed by atoms with Crippen molar-refractivity contribution in [1.82, 2.24) is 14.7 Å². The molecule has 0 bridgehead atoms. The summed E-state index contributed by atoms with van der Waals surface area (Å²) in [5.41, 5.74) is -0.443. The quantitative estimate of drug-likeness (QED) is 0.354. The van der Waals surface area contributed by atoms with Gasteiger partial charge in [-0.3, -0.25) is 19.3 Å². The molecule has 1 unspecified atom stereocenters. The molecule has 3 saturated heterocycles. The number of morpholine rings is 1. The van der Waals surface area contributed by atoms with Crippen LogP contribution in [0.5, 0.6) is 0 Å². The second-order valence-electron chi connectivity index (χ2n) is 11.5. The van der Waals surface area contributed by atoms with Crippen LogP contribution in [0.15, 0.2) is 54.6 Å². The number of aliphatic hydroxyl groups is 1. The van der Waals surface area contributed by atoms with Crippen LogP contribution < -0.4 is 4.90 Å². The lowest BCUT2D eigenvalue weighted by molar-refractivity contribution is -0.147. The number of unbranched alkanes of at least 4 members (excludes halogenated alkanes) is 2. The Kier molecular flexibility index (Phi) is 8.26. The molecule has 1 aromatic carbocycles. The lowest BCUT2D eigenvalue weighted by Gasteiger charge is -2.36. The fraction of sp³-hybridized carbons (Fsp3) is 0.581. The van der Waals surface area contributed by atoms with E-state index in [-0.39, 0.29) is 24.3 Å². The summed E-state index contributed by atoms with van der Waals surface area (Å²) in [6.45, 7) is 5.62. The van der Waals surface area contributed by atoms with Crippen molar-refractivity contribution in [2.45, 2.75) is 37.0 Å². The first-order valence-corrected chi connectivity index (χ1v) is 14.9. The van der Waals surface area contributed by atoms with Gasteiger partial charge in [0.05, 0.1) is 31.2 Å². The molecule has 1 aromatic rings. The third-order valence-electron chi connectivity index (χ3n) is 9.16. The molecule has 5 atom stereocenters. The molecule has 220 valence electrons. The van der Waals surface area contributed by atoms with Gasteiger partial charge >= 0.3 is 0 Å². The molecule has 0 aromatic heterocycles. The minimum Gasteiger partial charge on any atom is -0.396 e. The van der Waals surface area contributed by atoms with E-state index in [4.69, 9.17) is 9.47 Å². The number of ether oxygens (including phenoxy) is 2. The summed E-state index contributed by atoms with van der Waals surface area (Å²) in [6.07, 6.45) is 9.12. The molecule has 0 saturated carbocycles. The number of fused-ring (bicyclic) bond motifs is 2. The first-order chi connectivity index (χ1) is 20.0. The monoisotopic (exact) mass is 564 g/mol. The number of likely N-dealkylation sites (tertiary alicyclic amines) is 1. The topological polar surface area (TPSA) is 103 Å². The van der Waals surface area contributed by atoms with E-state index in [0.717, 1.165) is 31.7 Å². The maximum atomic E-state index is 14.3. The fourth-order valence-corrected chi connectivity index (χ4v) is 7.12. The third kappa shape index (κ3) is 5.11. The van der Waals surface area contributed by atoms with E-state index in [9.17, 15) is 19.5 Å². The van der Waals surface area contributed by atoms with Crippen molar-refractivity contribution in [3.63, 3.8) is 0 Å². The summed E-state index contributed by atoms with van der Waals surface area (Å²) in [4.78, 5) is 50.3. The molecule has 5 aliphatic heterocycles. The van der Waals surface area contributed by atoms with E-state index in [1.807, 2.05) is 59.5 Å². The summed E-state index contributed by atoms with van der Waals surface area (Å²) in [7, 11) is 0. The van der Waals surface area contributed by atoms with E-state index >= 15 is 0 Å². The second-order valence-corrected chi connectivity index (χ2v) is 11.5. The largest absolute Gasteiger partial charge is 0.396 e. The Morgan fingerprint density at radius 1 is 0.878 bits per heavy atom. The highest BCUT2D eigenvalue weighted by atomic mass is 16.5. The van der Waals surface area contributed by atoms with Gasteiger partial charge in [0.15, 0.2) is 0 Å². The van der Waals surface area contributed by atoms with Crippen LogP contribution in [0.25, 0.3) is 0 Å². The highest BCUT2D eigenvalue weighted by Gasteiger charge is 2.71. The van der Waals surface area contributed by atoms with E-state index in [1.165, 1.54) is 0 Å².